The maximum absolute atomic E-state index is 5.80. The fourth-order valence-corrected chi connectivity index (χ4v) is 2.92. The minimum absolute atomic E-state index is 0.404. The first-order valence-electron chi connectivity index (χ1n) is 6.03. The van der Waals surface area contributed by atoms with E-state index in [1.165, 1.54) is 0 Å². The molecule has 1 heterocycles. The van der Waals surface area contributed by atoms with E-state index in [9.17, 15) is 0 Å². The number of aromatic nitrogens is 1. The summed E-state index contributed by atoms with van der Waals surface area (Å²) in [5, 5.41) is 3.53. The van der Waals surface area contributed by atoms with Crippen molar-refractivity contribution < 1.29 is 0 Å². The lowest BCUT2D eigenvalue weighted by Crippen LogP contribution is -2.24. The molecule has 1 aromatic rings. The Hall–Kier alpha value is -0.810. The normalized spacial score (nSPS) is 12.2. The molecule has 18 heavy (non-hydrogen) atoms. The molecule has 1 rings (SSSR count). The van der Waals surface area contributed by atoms with Crippen LogP contribution in [-0.4, -0.2) is 28.0 Å². The second-order valence-corrected chi connectivity index (χ2v) is 5.69. The Morgan fingerprint density at radius 3 is 2.72 bits per heavy atom. The van der Waals surface area contributed by atoms with Crippen molar-refractivity contribution >= 4 is 34.7 Å². The van der Waals surface area contributed by atoms with Crippen LogP contribution in [-0.2, 0) is 0 Å². The van der Waals surface area contributed by atoms with Gasteiger partial charge >= 0.3 is 0 Å². The third-order valence-corrected chi connectivity index (χ3v) is 3.73. The van der Waals surface area contributed by atoms with Gasteiger partial charge in [0.05, 0.1) is 5.56 Å². The molecule has 1 atom stereocenters. The van der Waals surface area contributed by atoms with Gasteiger partial charge in [0.25, 0.3) is 0 Å². The maximum Gasteiger partial charge on any atom is 0.107 e. The first kappa shape index (κ1) is 15.2. The molecule has 0 saturated carbocycles. The number of nitrogens with one attached hydrogen (secondary N) is 1. The van der Waals surface area contributed by atoms with Gasteiger partial charge < -0.3 is 11.1 Å². The van der Waals surface area contributed by atoms with Crippen LogP contribution in [0.2, 0.25) is 0 Å². The highest BCUT2D eigenvalue weighted by Gasteiger charge is 2.14. The third-order valence-electron chi connectivity index (χ3n) is 2.80. The van der Waals surface area contributed by atoms with Gasteiger partial charge in [0, 0.05) is 28.9 Å². The maximum atomic E-state index is 5.80. The summed E-state index contributed by atoms with van der Waals surface area (Å²) in [5.74, 6) is 1.06. The Morgan fingerprint density at radius 2 is 2.22 bits per heavy atom. The van der Waals surface area contributed by atoms with Crippen molar-refractivity contribution in [2.75, 3.05) is 17.3 Å². The molecule has 3 nitrogen and oxygen atoms in total. The first-order chi connectivity index (χ1) is 8.49. The number of rotatable bonds is 6. The van der Waals surface area contributed by atoms with Crippen LogP contribution >= 0.6 is 24.0 Å². The van der Waals surface area contributed by atoms with Crippen LogP contribution in [0.3, 0.4) is 0 Å². The number of aryl methyl sites for hydroxylation is 2. The molecule has 0 aliphatic rings. The fourth-order valence-electron chi connectivity index (χ4n) is 1.94. The highest BCUT2D eigenvalue weighted by atomic mass is 32.2. The standard InChI is InChI=1S/C13H21N3S2/c1-5-10(7-18-4)16-11-6-8(2)15-9(3)12(11)13(14)17/h6,10H,5,7H2,1-4H3,(H2,14,17)(H,15,16). The van der Waals surface area contributed by atoms with Gasteiger partial charge in [-0.15, -0.1) is 0 Å². The number of nitrogens with zero attached hydrogens (tertiary/aromatic N) is 1. The number of hydrogen-bond donors (Lipinski definition) is 2. The van der Waals surface area contributed by atoms with E-state index >= 15 is 0 Å². The van der Waals surface area contributed by atoms with Crippen molar-refractivity contribution in [2.24, 2.45) is 5.73 Å². The zero-order valence-corrected chi connectivity index (χ0v) is 13.0. The summed E-state index contributed by atoms with van der Waals surface area (Å²) in [6.45, 7) is 6.11. The molecule has 0 radical (unpaired) electrons. The second kappa shape index (κ2) is 6.95. The number of hydrogen-bond acceptors (Lipinski definition) is 4. The Balaban J connectivity index is 3.09. The molecule has 0 aliphatic carbocycles. The smallest absolute Gasteiger partial charge is 0.107 e. The van der Waals surface area contributed by atoms with E-state index in [1.807, 2.05) is 31.7 Å². The zero-order chi connectivity index (χ0) is 13.7. The minimum Gasteiger partial charge on any atom is -0.389 e. The van der Waals surface area contributed by atoms with E-state index in [-0.39, 0.29) is 0 Å². The predicted octanol–water partition coefficient (Wildman–Crippen LogP) is 2.89. The molecule has 0 fully saturated rings. The summed E-state index contributed by atoms with van der Waals surface area (Å²) in [4.78, 5) is 4.83. The summed E-state index contributed by atoms with van der Waals surface area (Å²) in [5.41, 5.74) is 9.55. The van der Waals surface area contributed by atoms with E-state index in [0.29, 0.717) is 11.0 Å². The van der Waals surface area contributed by atoms with E-state index in [0.717, 1.165) is 34.8 Å². The van der Waals surface area contributed by atoms with Gasteiger partial charge in [0.2, 0.25) is 0 Å². The summed E-state index contributed by atoms with van der Waals surface area (Å²) in [6.07, 6.45) is 3.18. The number of pyridine rings is 1. The molecule has 0 saturated heterocycles. The topological polar surface area (TPSA) is 50.9 Å². The number of anilines is 1. The highest BCUT2D eigenvalue weighted by Crippen LogP contribution is 2.21. The molecule has 0 aliphatic heterocycles. The predicted molar refractivity (Wildman–Crippen MR) is 85.7 cm³/mol. The second-order valence-electron chi connectivity index (χ2n) is 4.34. The van der Waals surface area contributed by atoms with E-state index < -0.39 is 0 Å². The average molecular weight is 283 g/mol. The average Bonchev–Trinajstić information content (AvgIpc) is 2.26. The van der Waals surface area contributed by atoms with E-state index in [4.69, 9.17) is 18.0 Å². The largest absolute Gasteiger partial charge is 0.389 e. The van der Waals surface area contributed by atoms with Crippen molar-refractivity contribution in [1.29, 1.82) is 0 Å². The van der Waals surface area contributed by atoms with Crippen molar-refractivity contribution in [3.8, 4) is 0 Å². The molecular formula is C13H21N3S2. The molecular weight excluding hydrogens is 262 g/mol. The molecule has 1 unspecified atom stereocenters. The third kappa shape index (κ3) is 3.85. The SMILES string of the molecule is CCC(CSC)Nc1cc(C)nc(C)c1C(N)=S. The highest BCUT2D eigenvalue weighted by molar-refractivity contribution is 7.98. The van der Waals surface area contributed by atoms with Crippen LogP contribution in [0.4, 0.5) is 5.69 Å². The van der Waals surface area contributed by atoms with Gasteiger partial charge in [0.1, 0.15) is 4.99 Å². The number of thioether (sulfide) groups is 1. The van der Waals surface area contributed by atoms with Crippen LogP contribution in [0.25, 0.3) is 0 Å². The number of nitrogens with two attached hydrogens (primary N) is 1. The van der Waals surface area contributed by atoms with Gasteiger partial charge in [-0.2, -0.15) is 11.8 Å². The monoisotopic (exact) mass is 283 g/mol. The van der Waals surface area contributed by atoms with Crippen molar-refractivity contribution in [3.63, 3.8) is 0 Å². The molecule has 5 heteroatoms. The number of thiocarbonyl (C=S) groups is 1. The lowest BCUT2D eigenvalue weighted by Gasteiger charge is -2.20. The van der Waals surface area contributed by atoms with Crippen molar-refractivity contribution in [3.05, 3.63) is 23.0 Å². The van der Waals surface area contributed by atoms with Crippen LogP contribution in [0.15, 0.2) is 6.07 Å². The van der Waals surface area contributed by atoms with E-state index in [1.54, 1.807) is 0 Å². The lowest BCUT2D eigenvalue weighted by molar-refractivity contribution is 0.774. The van der Waals surface area contributed by atoms with Crippen LogP contribution < -0.4 is 11.1 Å². The molecule has 1 aromatic heterocycles. The Bertz CT molecular complexity index is 432. The van der Waals surface area contributed by atoms with Gasteiger partial charge in [-0.25, -0.2) is 0 Å². The minimum atomic E-state index is 0.404. The lowest BCUT2D eigenvalue weighted by atomic mass is 10.1. The Kier molecular flexibility index (Phi) is 5.88. The van der Waals surface area contributed by atoms with Crippen molar-refractivity contribution in [1.82, 2.24) is 4.98 Å². The molecule has 0 aromatic carbocycles. The van der Waals surface area contributed by atoms with Crippen molar-refractivity contribution in [2.45, 2.75) is 33.2 Å². The molecule has 0 amide bonds. The van der Waals surface area contributed by atoms with Crippen LogP contribution in [0.5, 0.6) is 0 Å². The summed E-state index contributed by atoms with van der Waals surface area (Å²) in [6, 6.07) is 2.44. The Morgan fingerprint density at radius 1 is 1.56 bits per heavy atom. The molecule has 0 bridgehead atoms. The van der Waals surface area contributed by atoms with Crippen LogP contribution in [0.1, 0.15) is 30.3 Å². The van der Waals surface area contributed by atoms with Gasteiger partial charge in [0.15, 0.2) is 0 Å². The van der Waals surface area contributed by atoms with E-state index in [2.05, 4.69) is 23.5 Å². The van der Waals surface area contributed by atoms with Gasteiger partial charge in [-0.05, 0) is 32.6 Å². The van der Waals surface area contributed by atoms with Gasteiger partial charge in [-0.3, -0.25) is 4.98 Å². The fraction of sp³-hybridized carbons (Fsp3) is 0.538. The van der Waals surface area contributed by atoms with Gasteiger partial charge in [-0.1, -0.05) is 19.1 Å². The summed E-state index contributed by atoms with van der Waals surface area (Å²) in [7, 11) is 0. The quantitative estimate of drug-likeness (QED) is 0.786. The van der Waals surface area contributed by atoms with Crippen LogP contribution in [0, 0.1) is 13.8 Å². The zero-order valence-electron chi connectivity index (χ0n) is 11.4. The molecule has 0 spiro atoms. The molecule has 100 valence electrons. The summed E-state index contributed by atoms with van der Waals surface area (Å²) < 4.78 is 0. The first-order valence-corrected chi connectivity index (χ1v) is 7.83. The molecule has 3 N–H and O–H groups in total. The Labute approximate surface area is 119 Å². The summed E-state index contributed by atoms with van der Waals surface area (Å²) >= 11 is 6.96.